The summed E-state index contributed by atoms with van der Waals surface area (Å²) in [5.41, 5.74) is 0.357. The molecule has 1 aromatic heterocycles. The van der Waals surface area contributed by atoms with Crippen LogP contribution < -0.4 is 10.6 Å². The van der Waals surface area contributed by atoms with Gasteiger partial charge >= 0.3 is 0 Å². The monoisotopic (exact) mass is 331 g/mol. The Morgan fingerprint density at radius 3 is 2.79 bits per heavy atom. The molecule has 6 heteroatoms. The number of carbonyl (C=O) groups excluding carboxylic acids is 1. The van der Waals surface area contributed by atoms with Crippen LogP contribution >= 0.6 is 0 Å². The number of rotatable bonds is 6. The summed E-state index contributed by atoms with van der Waals surface area (Å²) in [7, 11) is 0. The summed E-state index contributed by atoms with van der Waals surface area (Å²) >= 11 is 0. The van der Waals surface area contributed by atoms with Gasteiger partial charge in [0.15, 0.2) is 5.76 Å². The molecule has 1 amide bonds. The van der Waals surface area contributed by atoms with Crippen molar-refractivity contribution in [2.75, 3.05) is 39.3 Å². The second-order valence-corrected chi connectivity index (χ2v) is 5.84. The van der Waals surface area contributed by atoms with Gasteiger partial charge < -0.3 is 20.0 Å². The lowest BCUT2D eigenvalue weighted by Crippen LogP contribution is -2.44. The van der Waals surface area contributed by atoms with Crippen molar-refractivity contribution in [3.8, 4) is 11.3 Å². The number of furan rings is 1. The summed E-state index contributed by atoms with van der Waals surface area (Å²) in [6, 6.07) is 9.54. The Morgan fingerprint density at radius 1 is 1.21 bits per heavy atom. The molecule has 1 aliphatic rings. The molecule has 1 aliphatic heterocycles. The highest BCUT2D eigenvalue weighted by Crippen LogP contribution is 2.24. The minimum atomic E-state index is -0.366. The zero-order chi connectivity index (χ0) is 16.8. The number of amides is 1. The second-order valence-electron chi connectivity index (χ2n) is 5.84. The fraction of sp³-hybridized carbons (Fsp3) is 0.389. The molecular weight excluding hydrogens is 309 g/mol. The molecule has 2 aromatic rings. The highest BCUT2D eigenvalue weighted by Gasteiger charge is 2.14. The Bertz CT molecular complexity index is 680. The van der Waals surface area contributed by atoms with E-state index in [-0.39, 0.29) is 17.5 Å². The Balaban J connectivity index is 1.48. The quantitative estimate of drug-likeness (QED) is 0.796. The van der Waals surface area contributed by atoms with Crippen molar-refractivity contribution in [2.45, 2.75) is 6.42 Å². The maximum atomic E-state index is 13.7. The highest BCUT2D eigenvalue weighted by molar-refractivity contribution is 5.92. The van der Waals surface area contributed by atoms with E-state index in [2.05, 4.69) is 15.5 Å². The first-order chi connectivity index (χ1) is 11.7. The van der Waals surface area contributed by atoms with Gasteiger partial charge in [0.2, 0.25) is 0 Å². The van der Waals surface area contributed by atoms with Gasteiger partial charge in [-0.05, 0) is 37.2 Å². The number of hydrogen-bond acceptors (Lipinski definition) is 4. The van der Waals surface area contributed by atoms with Gasteiger partial charge in [0.1, 0.15) is 11.6 Å². The largest absolute Gasteiger partial charge is 0.451 e. The Morgan fingerprint density at radius 2 is 2.00 bits per heavy atom. The number of piperazine rings is 1. The van der Waals surface area contributed by atoms with Crippen LogP contribution in [0.2, 0.25) is 0 Å². The first-order valence-electron chi connectivity index (χ1n) is 8.30. The van der Waals surface area contributed by atoms with Crippen LogP contribution in [0, 0.1) is 5.82 Å². The van der Waals surface area contributed by atoms with E-state index in [1.807, 2.05) is 0 Å². The molecule has 1 saturated heterocycles. The van der Waals surface area contributed by atoms with Crippen LogP contribution in [0.15, 0.2) is 40.8 Å². The van der Waals surface area contributed by atoms with Gasteiger partial charge in [0.25, 0.3) is 5.91 Å². The van der Waals surface area contributed by atoms with Crippen LogP contribution in [-0.4, -0.2) is 50.1 Å². The van der Waals surface area contributed by atoms with Crippen molar-refractivity contribution in [2.24, 2.45) is 0 Å². The zero-order valence-corrected chi connectivity index (χ0v) is 13.6. The average Bonchev–Trinajstić information content (AvgIpc) is 3.10. The second kappa shape index (κ2) is 8.08. The van der Waals surface area contributed by atoms with Gasteiger partial charge in [-0.3, -0.25) is 4.79 Å². The van der Waals surface area contributed by atoms with E-state index in [4.69, 9.17) is 4.42 Å². The standard InChI is InChI=1S/C18H22FN3O2/c19-15-5-2-1-4-14(15)16-6-7-17(24-16)18(23)21-8-3-11-22-12-9-20-10-13-22/h1-2,4-7,20H,3,8-13H2,(H,21,23). The topological polar surface area (TPSA) is 57.5 Å². The molecule has 3 rings (SSSR count). The zero-order valence-electron chi connectivity index (χ0n) is 13.6. The van der Waals surface area contributed by atoms with Crippen LogP contribution in [0.25, 0.3) is 11.3 Å². The van der Waals surface area contributed by atoms with E-state index < -0.39 is 0 Å². The predicted molar refractivity (Wildman–Crippen MR) is 90.4 cm³/mol. The van der Waals surface area contributed by atoms with Crippen molar-refractivity contribution < 1.29 is 13.6 Å². The normalized spacial score (nSPS) is 15.4. The van der Waals surface area contributed by atoms with Gasteiger partial charge in [-0.1, -0.05) is 12.1 Å². The molecule has 0 atom stereocenters. The Labute approximate surface area is 140 Å². The lowest BCUT2D eigenvalue weighted by Gasteiger charge is -2.26. The summed E-state index contributed by atoms with van der Waals surface area (Å²) < 4.78 is 19.2. The van der Waals surface area contributed by atoms with Gasteiger partial charge in [0, 0.05) is 32.7 Å². The molecule has 1 aromatic carbocycles. The van der Waals surface area contributed by atoms with Crippen LogP contribution in [0.3, 0.4) is 0 Å². The lowest BCUT2D eigenvalue weighted by molar-refractivity contribution is 0.0924. The fourth-order valence-electron chi connectivity index (χ4n) is 2.79. The summed E-state index contributed by atoms with van der Waals surface area (Å²) in [5, 5.41) is 6.16. The third-order valence-electron chi connectivity index (χ3n) is 4.12. The first kappa shape index (κ1) is 16.7. The van der Waals surface area contributed by atoms with E-state index in [0.29, 0.717) is 17.9 Å². The van der Waals surface area contributed by atoms with E-state index >= 15 is 0 Å². The molecule has 0 unspecified atom stereocenters. The molecule has 0 bridgehead atoms. The molecule has 128 valence electrons. The summed E-state index contributed by atoms with van der Waals surface area (Å²) in [6.07, 6.45) is 0.895. The molecule has 0 radical (unpaired) electrons. The van der Waals surface area contributed by atoms with Gasteiger partial charge in [0.05, 0.1) is 5.56 Å². The van der Waals surface area contributed by atoms with E-state index in [1.54, 1.807) is 30.3 Å². The minimum absolute atomic E-state index is 0.204. The maximum Gasteiger partial charge on any atom is 0.287 e. The molecule has 0 saturated carbocycles. The van der Waals surface area contributed by atoms with E-state index in [0.717, 1.165) is 39.1 Å². The minimum Gasteiger partial charge on any atom is -0.451 e. The number of carbonyl (C=O) groups is 1. The molecule has 1 fully saturated rings. The Hall–Kier alpha value is -2.18. The summed E-state index contributed by atoms with van der Waals surface area (Å²) in [5.74, 6) is -0.0674. The molecule has 24 heavy (non-hydrogen) atoms. The smallest absolute Gasteiger partial charge is 0.287 e. The summed E-state index contributed by atoms with van der Waals surface area (Å²) in [6.45, 7) is 5.73. The van der Waals surface area contributed by atoms with Gasteiger partial charge in [-0.2, -0.15) is 0 Å². The SMILES string of the molecule is O=C(NCCCN1CCNCC1)c1ccc(-c2ccccc2F)o1. The molecular formula is C18H22FN3O2. The average molecular weight is 331 g/mol. The number of halogens is 1. The number of benzene rings is 1. The third kappa shape index (κ3) is 4.21. The number of nitrogens with zero attached hydrogens (tertiary/aromatic N) is 1. The van der Waals surface area contributed by atoms with Gasteiger partial charge in [-0.25, -0.2) is 4.39 Å². The van der Waals surface area contributed by atoms with Crippen LogP contribution in [-0.2, 0) is 0 Å². The number of nitrogens with one attached hydrogen (secondary N) is 2. The molecule has 5 nitrogen and oxygen atoms in total. The lowest BCUT2D eigenvalue weighted by atomic mass is 10.1. The van der Waals surface area contributed by atoms with Crippen molar-refractivity contribution >= 4 is 5.91 Å². The molecule has 2 heterocycles. The van der Waals surface area contributed by atoms with Crippen molar-refractivity contribution in [3.05, 3.63) is 48.0 Å². The first-order valence-corrected chi connectivity index (χ1v) is 8.30. The van der Waals surface area contributed by atoms with E-state index in [9.17, 15) is 9.18 Å². The van der Waals surface area contributed by atoms with Crippen molar-refractivity contribution in [1.82, 2.24) is 15.5 Å². The third-order valence-corrected chi connectivity index (χ3v) is 4.12. The van der Waals surface area contributed by atoms with Crippen LogP contribution in [0.5, 0.6) is 0 Å². The molecule has 2 N–H and O–H groups in total. The highest BCUT2D eigenvalue weighted by atomic mass is 19.1. The molecule has 0 aliphatic carbocycles. The van der Waals surface area contributed by atoms with E-state index in [1.165, 1.54) is 6.07 Å². The van der Waals surface area contributed by atoms with Crippen LogP contribution in [0.1, 0.15) is 17.0 Å². The van der Waals surface area contributed by atoms with Crippen molar-refractivity contribution in [1.29, 1.82) is 0 Å². The summed E-state index contributed by atoms with van der Waals surface area (Å²) in [4.78, 5) is 14.5. The Kier molecular flexibility index (Phi) is 5.61. The molecule has 0 spiro atoms. The fourth-order valence-corrected chi connectivity index (χ4v) is 2.79. The van der Waals surface area contributed by atoms with Gasteiger partial charge in [-0.15, -0.1) is 0 Å². The van der Waals surface area contributed by atoms with Crippen LogP contribution in [0.4, 0.5) is 4.39 Å². The number of hydrogen-bond donors (Lipinski definition) is 2. The maximum absolute atomic E-state index is 13.7. The predicted octanol–water partition coefficient (Wildman–Crippen LogP) is 2.11. The van der Waals surface area contributed by atoms with Crippen molar-refractivity contribution in [3.63, 3.8) is 0 Å².